The van der Waals surface area contributed by atoms with E-state index in [0.717, 1.165) is 41.6 Å². The summed E-state index contributed by atoms with van der Waals surface area (Å²) in [6.45, 7) is 8.63. The molecular weight excluding hydrogens is 444 g/mol. The number of nitrogens with one attached hydrogen (secondary N) is 2. The Morgan fingerprint density at radius 1 is 1.11 bits per heavy atom. The van der Waals surface area contributed by atoms with Gasteiger partial charge in [-0.05, 0) is 66.9 Å². The van der Waals surface area contributed by atoms with Crippen molar-refractivity contribution in [2.75, 3.05) is 24.4 Å². The second-order valence-corrected chi connectivity index (χ2v) is 8.75. The van der Waals surface area contributed by atoms with E-state index in [1.165, 1.54) is 0 Å². The van der Waals surface area contributed by atoms with Crippen molar-refractivity contribution in [3.8, 4) is 11.5 Å². The number of benzene rings is 2. The number of carbonyl (C=O) groups is 1. The molecule has 0 saturated carbocycles. The van der Waals surface area contributed by atoms with Crippen LogP contribution in [0.4, 0.5) is 11.6 Å². The number of methoxy groups -OCH3 is 1. The lowest BCUT2D eigenvalue weighted by Gasteiger charge is -2.28. The molecule has 0 spiro atoms. The highest BCUT2D eigenvalue weighted by molar-refractivity contribution is 6.06. The van der Waals surface area contributed by atoms with E-state index in [9.17, 15) is 4.79 Å². The zero-order valence-electron chi connectivity index (χ0n) is 20.9. The highest BCUT2D eigenvalue weighted by Crippen LogP contribution is 2.38. The summed E-state index contributed by atoms with van der Waals surface area (Å²) in [5, 5.41) is 18.3. The molecule has 0 saturated heterocycles. The molecule has 1 aliphatic heterocycles. The van der Waals surface area contributed by atoms with Crippen LogP contribution in [-0.2, 0) is 4.79 Å². The number of hydrogen-bond acceptors (Lipinski definition) is 7. The van der Waals surface area contributed by atoms with Crippen molar-refractivity contribution in [1.29, 1.82) is 0 Å². The molecule has 4 rings (SSSR count). The van der Waals surface area contributed by atoms with Gasteiger partial charge in [0.2, 0.25) is 5.95 Å². The molecule has 0 fully saturated rings. The number of aromatic nitrogens is 4. The monoisotopic (exact) mass is 476 g/mol. The van der Waals surface area contributed by atoms with Crippen molar-refractivity contribution in [1.82, 2.24) is 20.2 Å². The summed E-state index contributed by atoms with van der Waals surface area (Å²) in [6.07, 6.45) is 3.22. The van der Waals surface area contributed by atoms with Crippen LogP contribution in [0.5, 0.6) is 11.5 Å². The van der Waals surface area contributed by atoms with Gasteiger partial charge in [0.25, 0.3) is 5.91 Å². The van der Waals surface area contributed by atoms with Gasteiger partial charge in [-0.25, -0.2) is 0 Å². The van der Waals surface area contributed by atoms with E-state index in [1.807, 2.05) is 57.2 Å². The number of amides is 1. The first kappa shape index (κ1) is 24.3. The van der Waals surface area contributed by atoms with Crippen LogP contribution in [0.2, 0.25) is 0 Å². The highest BCUT2D eigenvalue weighted by Gasteiger charge is 2.34. The van der Waals surface area contributed by atoms with Gasteiger partial charge < -0.3 is 20.1 Å². The van der Waals surface area contributed by atoms with Gasteiger partial charge in [-0.15, -0.1) is 0 Å². The topological polar surface area (TPSA) is 103 Å². The zero-order valence-corrected chi connectivity index (χ0v) is 20.9. The van der Waals surface area contributed by atoms with E-state index >= 15 is 0 Å². The van der Waals surface area contributed by atoms with E-state index in [-0.39, 0.29) is 5.91 Å². The molecule has 0 bridgehead atoms. The Morgan fingerprint density at radius 2 is 1.94 bits per heavy atom. The number of ether oxygens (including phenoxy) is 2. The van der Waals surface area contributed by atoms with Gasteiger partial charge in [-0.1, -0.05) is 48.6 Å². The van der Waals surface area contributed by atoms with Crippen molar-refractivity contribution in [2.24, 2.45) is 0 Å². The summed E-state index contributed by atoms with van der Waals surface area (Å²) in [5.41, 5.74) is 4.89. The molecule has 1 amide bonds. The number of aryl methyl sites for hydroxylation is 2. The Balaban J connectivity index is 1.69. The minimum atomic E-state index is -0.546. The first-order valence-corrected chi connectivity index (χ1v) is 11.9. The number of anilines is 2. The van der Waals surface area contributed by atoms with Crippen molar-refractivity contribution < 1.29 is 14.3 Å². The summed E-state index contributed by atoms with van der Waals surface area (Å²) >= 11 is 0. The van der Waals surface area contributed by atoms with Crippen molar-refractivity contribution in [3.63, 3.8) is 0 Å². The SMILES string of the molecule is CCCCCOc1ccc(C2C(C(=O)Nc3ccc(C)cc3C)=C(C)Nc3nnnn32)cc1OC. The lowest BCUT2D eigenvalue weighted by Crippen LogP contribution is -2.31. The third-order valence-electron chi connectivity index (χ3n) is 6.10. The first-order valence-electron chi connectivity index (χ1n) is 11.9. The van der Waals surface area contributed by atoms with E-state index in [2.05, 4.69) is 33.1 Å². The Labute approximate surface area is 205 Å². The molecule has 1 aliphatic rings. The van der Waals surface area contributed by atoms with Crippen molar-refractivity contribution in [3.05, 3.63) is 64.4 Å². The summed E-state index contributed by atoms with van der Waals surface area (Å²) in [5.74, 6) is 1.50. The van der Waals surface area contributed by atoms with Crippen molar-refractivity contribution in [2.45, 2.75) is 53.0 Å². The maximum atomic E-state index is 13.6. The average molecular weight is 477 g/mol. The first-order chi connectivity index (χ1) is 16.9. The fourth-order valence-electron chi connectivity index (χ4n) is 4.27. The largest absolute Gasteiger partial charge is 0.493 e. The number of fused-ring (bicyclic) bond motifs is 1. The van der Waals surface area contributed by atoms with Gasteiger partial charge in [0.1, 0.15) is 6.04 Å². The molecular formula is C26H32N6O3. The molecule has 1 atom stereocenters. The van der Waals surface area contributed by atoms with Gasteiger partial charge in [0, 0.05) is 11.4 Å². The standard InChI is InChI=1S/C26H32N6O3/c1-6-7-8-13-35-21-12-10-19(15-22(21)34-5)24-23(18(4)27-26-29-30-31-32(24)26)25(33)28-20-11-9-16(2)14-17(20)3/h9-12,14-15,24H,6-8,13H2,1-5H3,(H,28,33)(H,27,29,31). The van der Waals surface area contributed by atoms with Crippen LogP contribution in [0.1, 0.15) is 55.8 Å². The summed E-state index contributed by atoms with van der Waals surface area (Å²) in [4.78, 5) is 13.6. The normalized spacial score (nSPS) is 14.8. The fourth-order valence-corrected chi connectivity index (χ4v) is 4.27. The quantitative estimate of drug-likeness (QED) is 0.428. The average Bonchev–Trinajstić information content (AvgIpc) is 3.30. The smallest absolute Gasteiger partial charge is 0.255 e. The molecule has 1 unspecified atom stereocenters. The number of hydrogen-bond donors (Lipinski definition) is 2. The predicted octanol–water partition coefficient (Wildman–Crippen LogP) is 4.80. The Morgan fingerprint density at radius 3 is 2.69 bits per heavy atom. The second-order valence-electron chi connectivity index (χ2n) is 8.75. The molecule has 1 aromatic heterocycles. The molecule has 3 aromatic rings. The van der Waals surface area contributed by atoms with Gasteiger partial charge >= 0.3 is 0 Å². The lowest BCUT2D eigenvalue weighted by atomic mass is 9.94. The summed E-state index contributed by atoms with van der Waals surface area (Å²) < 4.78 is 13.2. The number of carbonyl (C=O) groups excluding carboxylic acids is 1. The van der Waals surface area contributed by atoms with Crippen LogP contribution in [-0.4, -0.2) is 39.8 Å². The maximum absolute atomic E-state index is 13.6. The number of allylic oxidation sites excluding steroid dienone is 1. The molecule has 2 heterocycles. The zero-order chi connectivity index (χ0) is 24.9. The van der Waals surface area contributed by atoms with E-state index in [0.29, 0.717) is 35.3 Å². The van der Waals surface area contributed by atoms with Crippen molar-refractivity contribution >= 4 is 17.5 Å². The van der Waals surface area contributed by atoms with E-state index in [4.69, 9.17) is 9.47 Å². The Bertz CT molecular complexity index is 1250. The molecule has 0 aliphatic carbocycles. The second kappa shape index (κ2) is 10.6. The number of rotatable bonds is 9. The number of tetrazole rings is 1. The molecule has 184 valence electrons. The Kier molecular flexibility index (Phi) is 7.33. The van der Waals surface area contributed by atoms with Gasteiger partial charge in [-0.2, -0.15) is 4.68 Å². The highest BCUT2D eigenvalue weighted by atomic mass is 16.5. The third-order valence-corrected chi connectivity index (χ3v) is 6.10. The van der Waals surface area contributed by atoms with Gasteiger partial charge in [-0.3, -0.25) is 4.79 Å². The van der Waals surface area contributed by atoms with Crippen LogP contribution in [0.15, 0.2) is 47.7 Å². The minimum Gasteiger partial charge on any atom is -0.493 e. The molecule has 9 nitrogen and oxygen atoms in total. The van der Waals surface area contributed by atoms with Gasteiger partial charge in [0.15, 0.2) is 11.5 Å². The number of nitrogens with zero attached hydrogens (tertiary/aromatic N) is 4. The van der Waals surface area contributed by atoms with E-state index < -0.39 is 6.04 Å². The van der Waals surface area contributed by atoms with Crippen LogP contribution in [0, 0.1) is 13.8 Å². The van der Waals surface area contributed by atoms with Crippen LogP contribution in [0.3, 0.4) is 0 Å². The third kappa shape index (κ3) is 5.13. The maximum Gasteiger partial charge on any atom is 0.255 e. The molecule has 35 heavy (non-hydrogen) atoms. The fraction of sp³-hybridized carbons (Fsp3) is 0.385. The molecule has 2 N–H and O–H groups in total. The van der Waals surface area contributed by atoms with Crippen LogP contribution in [0.25, 0.3) is 0 Å². The predicted molar refractivity (Wildman–Crippen MR) is 135 cm³/mol. The van der Waals surface area contributed by atoms with Crippen LogP contribution < -0.4 is 20.1 Å². The molecule has 9 heteroatoms. The lowest BCUT2D eigenvalue weighted by molar-refractivity contribution is -0.113. The molecule has 2 aromatic carbocycles. The summed E-state index contributed by atoms with van der Waals surface area (Å²) in [6, 6.07) is 11.1. The van der Waals surface area contributed by atoms with E-state index in [1.54, 1.807) is 11.8 Å². The van der Waals surface area contributed by atoms with Crippen LogP contribution >= 0.6 is 0 Å². The minimum absolute atomic E-state index is 0.230. The van der Waals surface area contributed by atoms with Gasteiger partial charge in [0.05, 0.1) is 19.3 Å². The Hall–Kier alpha value is -3.88. The summed E-state index contributed by atoms with van der Waals surface area (Å²) in [7, 11) is 1.61. The number of unbranched alkanes of at least 4 members (excludes halogenated alkanes) is 2. The molecule has 0 radical (unpaired) electrons.